The van der Waals surface area contributed by atoms with Crippen LogP contribution in [0.4, 0.5) is 0 Å². The zero-order valence-electron chi connectivity index (χ0n) is 14.2. The third-order valence-corrected chi connectivity index (χ3v) is 4.59. The number of thiazole rings is 1. The maximum absolute atomic E-state index is 12.5. The minimum absolute atomic E-state index is 0.240. The Morgan fingerprint density at radius 3 is 2.15 bits per heavy atom. The molecule has 0 atom stereocenters. The molecule has 1 heterocycles. The van der Waals surface area contributed by atoms with Crippen LogP contribution < -0.4 is 0 Å². The summed E-state index contributed by atoms with van der Waals surface area (Å²) in [4.78, 5) is 29.0. The van der Waals surface area contributed by atoms with Gasteiger partial charge in [0, 0.05) is 11.1 Å². The first-order chi connectivity index (χ1) is 12.7. The van der Waals surface area contributed by atoms with Gasteiger partial charge in [0.2, 0.25) is 0 Å². The number of aromatic nitrogens is 1. The zero-order chi connectivity index (χ0) is 18.4. The average Bonchev–Trinajstić information content (AvgIpc) is 3.13. The summed E-state index contributed by atoms with van der Waals surface area (Å²) in [6.07, 6.45) is 0. The Labute approximate surface area is 155 Å². The van der Waals surface area contributed by atoms with Crippen LogP contribution in [0.2, 0.25) is 0 Å². The van der Waals surface area contributed by atoms with Crippen molar-refractivity contribution in [2.45, 2.75) is 6.92 Å². The van der Waals surface area contributed by atoms with Gasteiger partial charge in [0.05, 0.1) is 12.3 Å². The highest BCUT2D eigenvalue weighted by Crippen LogP contribution is 2.34. The number of nitrogens with zero attached hydrogens (tertiary/aromatic N) is 1. The topological polar surface area (TPSA) is 65.5 Å². The van der Waals surface area contributed by atoms with Crippen LogP contribution >= 0.6 is 11.3 Å². The molecule has 0 aliphatic carbocycles. The summed E-state index contributed by atoms with van der Waals surface area (Å²) in [6.45, 7) is 1.52. The van der Waals surface area contributed by atoms with Gasteiger partial charge in [0.25, 0.3) is 0 Å². The maximum atomic E-state index is 12.5. The normalized spacial score (nSPS) is 10.3. The Morgan fingerprint density at radius 1 is 0.923 bits per heavy atom. The van der Waals surface area contributed by atoms with Crippen molar-refractivity contribution >= 4 is 23.3 Å². The van der Waals surface area contributed by atoms with Gasteiger partial charge in [-0.3, -0.25) is 0 Å². The monoisotopic (exact) mass is 367 g/mol. The van der Waals surface area contributed by atoms with Crippen LogP contribution in [0.3, 0.4) is 0 Å². The molecular weight excluding hydrogens is 350 g/mol. The molecule has 2 aromatic carbocycles. The number of hydrogen-bond acceptors (Lipinski definition) is 6. The average molecular weight is 367 g/mol. The summed E-state index contributed by atoms with van der Waals surface area (Å²) in [5, 5.41) is 0.715. The van der Waals surface area contributed by atoms with E-state index in [0.29, 0.717) is 15.6 Å². The number of rotatable bonds is 6. The first-order valence-electron chi connectivity index (χ1n) is 8.13. The van der Waals surface area contributed by atoms with Crippen LogP contribution in [0.15, 0.2) is 60.7 Å². The highest BCUT2D eigenvalue weighted by Gasteiger charge is 2.22. The predicted octanol–water partition coefficient (Wildman–Crippen LogP) is 4.20. The molecule has 0 saturated heterocycles. The van der Waals surface area contributed by atoms with Crippen molar-refractivity contribution in [2.24, 2.45) is 0 Å². The van der Waals surface area contributed by atoms with E-state index in [4.69, 9.17) is 9.47 Å². The third kappa shape index (κ3) is 4.15. The van der Waals surface area contributed by atoms with Gasteiger partial charge in [-0.25, -0.2) is 14.6 Å². The van der Waals surface area contributed by atoms with Crippen molar-refractivity contribution in [1.82, 2.24) is 4.98 Å². The molecule has 0 bridgehead atoms. The van der Waals surface area contributed by atoms with Crippen LogP contribution in [0, 0.1) is 0 Å². The van der Waals surface area contributed by atoms with Crippen LogP contribution in [0.25, 0.3) is 21.8 Å². The lowest BCUT2D eigenvalue weighted by molar-refractivity contribution is -0.146. The van der Waals surface area contributed by atoms with Gasteiger partial charge in [0.1, 0.15) is 9.88 Å². The number of carbonyl (C=O) groups excluding carboxylic acids is 2. The Kier molecular flexibility index (Phi) is 5.76. The van der Waals surface area contributed by atoms with Crippen LogP contribution in [-0.4, -0.2) is 30.1 Å². The van der Waals surface area contributed by atoms with Crippen LogP contribution in [0.5, 0.6) is 0 Å². The Bertz CT molecular complexity index is 891. The first kappa shape index (κ1) is 17.8. The fraction of sp³-hybridized carbons (Fsp3) is 0.150. The Balaban J connectivity index is 1.93. The maximum Gasteiger partial charge on any atom is 0.351 e. The summed E-state index contributed by atoms with van der Waals surface area (Å²) in [6, 6.07) is 19.0. The van der Waals surface area contributed by atoms with Crippen molar-refractivity contribution in [3.05, 3.63) is 65.5 Å². The quantitative estimate of drug-likeness (QED) is 0.611. The number of hydrogen-bond donors (Lipinski definition) is 0. The Hall–Kier alpha value is -2.99. The summed E-state index contributed by atoms with van der Waals surface area (Å²) in [5.74, 6) is -1.16. The van der Waals surface area contributed by atoms with E-state index in [9.17, 15) is 9.59 Å². The second-order valence-corrected chi connectivity index (χ2v) is 6.31. The van der Waals surface area contributed by atoms with E-state index < -0.39 is 18.5 Å². The first-order valence-corrected chi connectivity index (χ1v) is 8.95. The van der Waals surface area contributed by atoms with E-state index in [-0.39, 0.29) is 6.61 Å². The van der Waals surface area contributed by atoms with Gasteiger partial charge < -0.3 is 9.47 Å². The molecule has 0 fully saturated rings. The Morgan fingerprint density at radius 2 is 1.54 bits per heavy atom. The number of benzene rings is 2. The molecule has 0 spiro atoms. The van der Waals surface area contributed by atoms with Gasteiger partial charge in [0.15, 0.2) is 6.61 Å². The molecule has 1 aromatic heterocycles. The molecule has 5 nitrogen and oxygen atoms in total. The molecule has 0 aliphatic rings. The molecule has 0 aliphatic heterocycles. The molecule has 0 unspecified atom stereocenters. The van der Waals surface area contributed by atoms with Crippen molar-refractivity contribution in [2.75, 3.05) is 13.2 Å². The fourth-order valence-electron chi connectivity index (χ4n) is 2.35. The van der Waals surface area contributed by atoms with Gasteiger partial charge in [-0.1, -0.05) is 60.7 Å². The van der Waals surface area contributed by atoms with E-state index in [1.807, 2.05) is 60.7 Å². The van der Waals surface area contributed by atoms with E-state index in [0.717, 1.165) is 11.1 Å². The summed E-state index contributed by atoms with van der Waals surface area (Å²) >= 11 is 1.24. The molecule has 3 rings (SSSR count). The molecule has 0 saturated carbocycles. The summed E-state index contributed by atoms with van der Waals surface area (Å²) in [5.41, 5.74) is 2.27. The molecule has 132 valence electrons. The van der Waals surface area contributed by atoms with Crippen molar-refractivity contribution in [3.8, 4) is 21.8 Å². The third-order valence-electron chi connectivity index (χ3n) is 3.51. The lowest BCUT2D eigenvalue weighted by Crippen LogP contribution is -2.16. The highest BCUT2D eigenvalue weighted by molar-refractivity contribution is 7.17. The second kappa shape index (κ2) is 8.40. The van der Waals surface area contributed by atoms with Crippen molar-refractivity contribution in [1.29, 1.82) is 0 Å². The summed E-state index contributed by atoms with van der Waals surface area (Å²) in [7, 11) is 0. The molecule has 0 radical (unpaired) electrons. The van der Waals surface area contributed by atoms with Crippen LogP contribution in [-0.2, 0) is 14.3 Å². The standard InChI is InChI=1S/C20H17NO4S/c1-2-24-16(22)13-25-20(23)18-17(14-9-5-3-6-10-14)21-19(26-18)15-11-7-4-8-12-15/h3-12H,2,13H2,1H3. The van der Waals surface area contributed by atoms with Crippen molar-refractivity contribution < 1.29 is 19.1 Å². The minimum atomic E-state index is -0.586. The number of ether oxygens (including phenoxy) is 2. The van der Waals surface area contributed by atoms with Gasteiger partial charge >= 0.3 is 11.9 Å². The molecule has 26 heavy (non-hydrogen) atoms. The molecule has 0 amide bonds. The van der Waals surface area contributed by atoms with E-state index >= 15 is 0 Å². The number of carbonyl (C=O) groups is 2. The van der Waals surface area contributed by atoms with Crippen molar-refractivity contribution in [3.63, 3.8) is 0 Å². The summed E-state index contributed by atoms with van der Waals surface area (Å²) < 4.78 is 9.90. The second-order valence-electron chi connectivity index (χ2n) is 5.31. The molecule has 3 aromatic rings. The predicted molar refractivity (Wildman–Crippen MR) is 99.9 cm³/mol. The van der Waals surface area contributed by atoms with E-state index in [1.165, 1.54) is 11.3 Å². The van der Waals surface area contributed by atoms with Gasteiger partial charge in [-0.15, -0.1) is 11.3 Å². The SMILES string of the molecule is CCOC(=O)COC(=O)c1sc(-c2ccccc2)nc1-c1ccccc1. The lowest BCUT2D eigenvalue weighted by Gasteiger charge is -2.04. The lowest BCUT2D eigenvalue weighted by atomic mass is 10.1. The molecule has 0 N–H and O–H groups in total. The largest absolute Gasteiger partial charge is 0.463 e. The van der Waals surface area contributed by atoms with E-state index in [1.54, 1.807) is 6.92 Å². The number of esters is 2. The molecular formula is C20H17NO4S. The van der Waals surface area contributed by atoms with Crippen LogP contribution in [0.1, 0.15) is 16.6 Å². The van der Waals surface area contributed by atoms with Gasteiger partial charge in [-0.2, -0.15) is 0 Å². The fourth-order valence-corrected chi connectivity index (χ4v) is 3.33. The van der Waals surface area contributed by atoms with Gasteiger partial charge in [-0.05, 0) is 6.92 Å². The smallest absolute Gasteiger partial charge is 0.351 e. The molecule has 6 heteroatoms. The minimum Gasteiger partial charge on any atom is -0.463 e. The van der Waals surface area contributed by atoms with E-state index in [2.05, 4.69) is 4.98 Å². The highest BCUT2D eigenvalue weighted by atomic mass is 32.1. The zero-order valence-corrected chi connectivity index (χ0v) is 15.0.